The van der Waals surface area contributed by atoms with Crippen LogP contribution in [0.5, 0.6) is 17.4 Å². The Kier molecular flexibility index (Phi) is 4.77. The third kappa shape index (κ3) is 3.97. The largest absolute Gasteiger partial charge is 0.492 e. The number of nitrogens with zero attached hydrogens (tertiary/aromatic N) is 2. The average Bonchev–Trinajstić information content (AvgIpc) is 2.72. The zero-order valence-electron chi connectivity index (χ0n) is 16.3. The summed E-state index contributed by atoms with van der Waals surface area (Å²) in [5.74, 6) is 1.66. The van der Waals surface area contributed by atoms with Crippen LogP contribution in [0.1, 0.15) is 40.9 Å². The summed E-state index contributed by atoms with van der Waals surface area (Å²) in [6, 6.07) is 18.7. The van der Waals surface area contributed by atoms with E-state index >= 15 is 0 Å². The summed E-state index contributed by atoms with van der Waals surface area (Å²) in [5, 5.41) is 8.91. The van der Waals surface area contributed by atoms with Gasteiger partial charge in [-0.25, -0.2) is 4.98 Å². The highest BCUT2D eigenvalue weighted by molar-refractivity contribution is 6.03. The number of hydrogen-bond acceptors (Lipinski definition) is 5. The minimum atomic E-state index is -0.517. The number of benzene rings is 2. The van der Waals surface area contributed by atoms with E-state index in [0.29, 0.717) is 41.5 Å². The number of carbonyl (C=O) groups excluding carboxylic acids is 1. The lowest BCUT2D eigenvalue weighted by atomic mass is 9.83. The topological polar surface area (TPSA) is 72.2 Å². The van der Waals surface area contributed by atoms with Crippen LogP contribution in [-0.2, 0) is 6.42 Å². The molecule has 3 aromatic rings. The summed E-state index contributed by atoms with van der Waals surface area (Å²) >= 11 is 0. The number of pyridine rings is 1. The Labute approximate surface area is 169 Å². The minimum absolute atomic E-state index is 0.0767. The quantitative estimate of drug-likeness (QED) is 0.637. The van der Waals surface area contributed by atoms with E-state index in [1.165, 1.54) is 0 Å². The van der Waals surface area contributed by atoms with Crippen molar-refractivity contribution in [2.24, 2.45) is 5.41 Å². The van der Waals surface area contributed by atoms with E-state index in [-0.39, 0.29) is 5.78 Å². The minimum Gasteiger partial charge on any atom is -0.492 e. The van der Waals surface area contributed by atoms with Crippen molar-refractivity contribution in [1.82, 2.24) is 4.98 Å². The smallest absolute Gasteiger partial charge is 0.219 e. The average molecular weight is 384 g/mol. The van der Waals surface area contributed by atoms with Crippen molar-refractivity contribution >= 4 is 5.78 Å². The fourth-order valence-corrected chi connectivity index (χ4v) is 3.23. The first-order valence-electron chi connectivity index (χ1n) is 9.38. The third-order valence-corrected chi connectivity index (χ3v) is 4.91. The fraction of sp³-hybridized carbons (Fsp3) is 0.208. The summed E-state index contributed by atoms with van der Waals surface area (Å²) in [4.78, 5) is 16.8. The van der Waals surface area contributed by atoms with Crippen molar-refractivity contribution in [2.75, 3.05) is 6.61 Å². The van der Waals surface area contributed by atoms with Gasteiger partial charge in [-0.1, -0.05) is 12.1 Å². The molecular formula is C24H20N2O3. The van der Waals surface area contributed by atoms with Gasteiger partial charge in [0.25, 0.3) is 0 Å². The van der Waals surface area contributed by atoms with Crippen molar-refractivity contribution in [3.63, 3.8) is 0 Å². The zero-order valence-corrected chi connectivity index (χ0v) is 16.3. The summed E-state index contributed by atoms with van der Waals surface area (Å²) in [7, 11) is 0. The Morgan fingerprint density at radius 3 is 2.66 bits per heavy atom. The number of Topliss-reactive ketones (excluding diaryl/α,β-unsaturated/α-hetero) is 1. The molecule has 0 radical (unpaired) electrons. The molecular weight excluding hydrogens is 364 g/mol. The molecule has 5 heteroatoms. The van der Waals surface area contributed by atoms with Gasteiger partial charge in [-0.3, -0.25) is 4.79 Å². The molecule has 0 bridgehead atoms. The maximum Gasteiger partial charge on any atom is 0.219 e. The predicted molar refractivity (Wildman–Crippen MR) is 108 cm³/mol. The molecule has 144 valence electrons. The fourth-order valence-electron chi connectivity index (χ4n) is 3.23. The van der Waals surface area contributed by atoms with Crippen LogP contribution in [0.4, 0.5) is 0 Å². The number of carbonyl (C=O) groups is 1. The molecule has 0 unspecified atom stereocenters. The van der Waals surface area contributed by atoms with Gasteiger partial charge in [0.1, 0.15) is 18.1 Å². The van der Waals surface area contributed by atoms with E-state index in [0.717, 1.165) is 11.1 Å². The Morgan fingerprint density at radius 1 is 1.10 bits per heavy atom. The van der Waals surface area contributed by atoms with Crippen LogP contribution >= 0.6 is 0 Å². The highest BCUT2D eigenvalue weighted by atomic mass is 16.5. The van der Waals surface area contributed by atoms with Crippen LogP contribution in [0, 0.1) is 16.7 Å². The SMILES string of the molecule is CC1(C)COc2cc(Oc3cc(Cc4ccc(C#N)cc4)ccn3)ccc2C1=O. The summed E-state index contributed by atoms with van der Waals surface area (Å²) in [6.07, 6.45) is 2.41. The molecule has 0 atom stereocenters. The van der Waals surface area contributed by atoms with Crippen LogP contribution in [0.25, 0.3) is 0 Å². The number of nitriles is 1. The summed E-state index contributed by atoms with van der Waals surface area (Å²) in [6.45, 7) is 4.11. The molecule has 0 saturated carbocycles. The van der Waals surface area contributed by atoms with E-state index in [1.807, 2.05) is 50.2 Å². The molecule has 0 saturated heterocycles. The van der Waals surface area contributed by atoms with Gasteiger partial charge in [-0.2, -0.15) is 5.26 Å². The molecule has 2 aromatic carbocycles. The monoisotopic (exact) mass is 384 g/mol. The van der Waals surface area contributed by atoms with E-state index in [9.17, 15) is 4.79 Å². The van der Waals surface area contributed by atoms with E-state index < -0.39 is 5.41 Å². The van der Waals surface area contributed by atoms with Crippen LogP contribution in [0.3, 0.4) is 0 Å². The molecule has 29 heavy (non-hydrogen) atoms. The molecule has 2 heterocycles. The molecule has 0 spiro atoms. The molecule has 1 aromatic heterocycles. The van der Waals surface area contributed by atoms with Gasteiger partial charge in [-0.15, -0.1) is 0 Å². The van der Waals surface area contributed by atoms with E-state index in [4.69, 9.17) is 14.7 Å². The second kappa shape index (κ2) is 7.40. The number of ether oxygens (including phenoxy) is 2. The molecule has 0 N–H and O–H groups in total. The Bertz CT molecular complexity index is 1110. The van der Waals surface area contributed by atoms with Crippen LogP contribution in [0.2, 0.25) is 0 Å². The van der Waals surface area contributed by atoms with Crippen molar-refractivity contribution < 1.29 is 14.3 Å². The van der Waals surface area contributed by atoms with Crippen LogP contribution in [-0.4, -0.2) is 17.4 Å². The van der Waals surface area contributed by atoms with Crippen LogP contribution in [0.15, 0.2) is 60.8 Å². The first kappa shape index (κ1) is 18.7. The Balaban J connectivity index is 1.51. The molecule has 1 aliphatic heterocycles. The third-order valence-electron chi connectivity index (χ3n) is 4.91. The van der Waals surface area contributed by atoms with Crippen LogP contribution < -0.4 is 9.47 Å². The number of aromatic nitrogens is 1. The molecule has 4 rings (SSSR count). The van der Waals surface area contributed by atoms with Crippen molar-refractivity contribution in [2.45, 2.75) is 20.3 Å². The lowest BCUT2D eigenvalue weighted by Crippen LogP contribution is -2.35. The summed E-state index contributed by atoms with van der Waals surface area (Å²) in [5.41, 5.74) is 2.85. The molecule has 1 aliphatic rings. The number of rotatable bonds is 4. The van der Waals surface area contributed by atoms with Gasteiger partial charge < -0.3 is 9.47 Å². The molecule has 5 nitrogen and oxygen atoms in total. The van der Waals surface area contributed by atoms with Gasteiger partial charge in [0.05, 0.1) is 22.6 Å². The predicted octanol–water partition coefficient (Wildman–Crippen LogP) is 4.94. The summed E-state index contributed by atoms with van der Waals surface area (Å²) < 4.78 is 11.7. The van der Waals surface area contributed by atoms with Gasteiger partial charge in [0, 0.05) is 18.3 Å². The highest BCUT2D eigenvalue weighted by Gasteiger charge is 2.35. The highest BCUT2D eigenvalue weighted by Crippen LogP contribution is 2.37. The Morgan fingerprint density at radius 2 is 1.90 bits per heavy atom. The number of fused-ring (bicyclic) bond motifs is 1. The first-order valence-corrected chi connectivity index (χ1v) is 9.38. The first-order chi connectivity index (χ1) is 13.9. The second-order valence-electron chi connectivity index (χ2n) is 7.75. The van der Waals surface area contributed by atoms with Gasteiger partial charge in [0.2, 0.25) is 5.88 Å². The van der Waals surface area contributed by atoms with Crippen molar-refractivity contribution in [1.29, 1.82) is 5.26 Å². The maximum atomic E-state index is 12.5. The number of hydrogen-bond donors (Lipinski definition) is 0. The van der Waals surface area contributed by atoms with Gasteiger partial charge in [0.15, 0.2) is 5.78 Å². The lowest BCUT2D eigenvalue weighted by Gasteiger charge is -2.29. The second-order valence-corrected chi connectivity index (χ2v) is 7.75. The lowest BCUT2D eigenvalue weighted by molar-refractivity contribution is 0.0692. The molecule has 0 amide bonds. The van der Waals surface area contributed by atoms with Gasteiger partial charge >= 0.3 is 0 Å². The standard InChI is InChI=1S/C24H20N2O3/c1-24(2)15-28-21-13-19(7-8-20(21)23(24)27)29-22-12-18(9-10-26-22)11-16-3-5-17(14-25)6-4-16/h3-10,12-13H,11,15H2,1-2H3. The zero-order chi connectivity index (χ0) is 20.4. The maximum absolute atomic E-state index is 12.5. The Hall–Kier alpha value is -3.65. The van der Waals surface area contributed by atoms with E-state index in [1.54, 1.807) is 24.4 Å². The molecule has 0 aliphatic carbocycles. The van der Waals surface area contributed by atoms with Crippen molar-refractivity contribution in [3.05, 3.63) is 83.0 Å². The number of ketones is 1. The normalized spacial score (nSPS) is 14.4. The van der Waals surface area contributed by atoms with E-state index in [2.05, 4.69) is 11.1 Å². The van der Waals surface area contributed by atoms with Gasteiger partial charge in [-0.05, 0) is 61.7 Å². The molecule has 0 fully saturated rings. The van der Waals surface area contributed by atoms with Crippen molar-refractivity contribution in [3.8, 4) is 23.4 Å².